The molecule has 4 nitrogen and oxygen atoms in total. The van der Waals surface area contributed by atoms with Crippen molar-refractivity contribution in [3.63, 3.8) is 0 Å². The lowest BCUT2D eigenvalue weighted by atomic mass is 10.2. The van der Waals surface area contributed by atoms with Gasteiger partial charge in [-0.1, -0.05) is 34.8 Å². The van der Waals surface area contributed by atoms with Crippen LogP contribution in [0.1, 0.15) is 5.56 Å². The second-order valence-electron chi connectivity index (χ2n) is 4.31. The molecule has 8 heteroatoms. The molecule has 0 saturated carbocycles. The highest BCUT2D eigenvalue weighted by molar-refractivity contribution is 6.35. The molecule has 0 fully saturated rings. The molecule has 0 saturated heterocycles. The quantitative estimate of drug-likeness (QED) is 0.724. The van der Waals surface area contributed by atoms with Crippen LogP contribution in [0.4, 0.5) is 20.6 Å². The van der Waals surface area contributed by atoms with Crippen LogP contribution in [0, 0.1) is 5.82 Å². The molecule has 0 atom stereocenters. The number of carbonyl (C=O) groups excluding carboxylic acids is 1. The minimum absolute atomic E-state index is 0.150. The van der Waals surface area contributed by atoms with Gasteiger partial charge in [0.2, 0.25) is 0 Å². The topological polar surface area (TPSA) is 61.4 Å². The summed E-state index contributed by atoms with van der Waals surface area (Å²) in [6.07, 6.45) is 0. The Balaban J connectivity index is 2.19. The Bertz CT molecular complexity index is 705. The highest BCUT2D eigenvalue weighted by atomic mass is 35.5. The van der Waals surface area contributed by atoms with Crippen LogP contribution in [0.15, 0.2) is 30.3 Å². The first-order chi connectivity index (χ1) is 10.4. The van der Waals surface area contributed by atoms with Crippen LogP contribution in [-0.4, -0.2) is 11.1 Å². The van der Waals surface area contributed by atoms with E-state index < -0.39 is 11.8 Å². The molecule has 0 aromatic heterocycles. The van der Waals surface area contributed by atoms with Crippen molar-refractivity contribution in [1.82, 2.24) is 0 Å². The fourth-order valence-electron chi connectivity index (χ4n) is 1.79. The zero-order valence-corrected chi connectivity index (χ0v) is 13.2. The zero-order valence-electron chi connectivity index (χ0n) is 11.0. The van der Waals surface area contributed by atoms with Crippen LogP contribution in [0.2, 0.25) is 15.1 Å². The van der Waals surface area contributed by atoms with Gasteiger partial charge in [-0.15, -0.1) is 0 Å². The molecule has 2 amide bonds. The molecule has 0 radical (unpaired) electrons. The number of amides is 2. The minimum Gasteiger partial charge on any atom is -0.392 e. The van der Waals surface area contributed by atoms with E-state index in [1.54, 1.807) is 0 Å². The second-order valence-corrected chi connectivity index (χ2v) is 5.59. The second kappa shape index (κ2) is 7.15. The average molecular weight is 364 g/mol. The smallest absolute Gasteiger partial charge is 0.323 e. The summed E-state index contributed by atoms with van der Waals surface area (Å²) in [6.45, 7) is -0.378. The lowest BCUT2D eigenvalue weighted by Crippen LogP contribution is -2.20. The Morgan fingerprint density at radius 2 is 1.73 bits per heavy atom. The first kappa shape index (κ1) is 16.8. The third-order valence-electron chi connectivity index (χ3n) is 2.69. The fraction of sp³-hybridized carbons (Fsp3) is 0.0714. The van der Waals surface area contributed by atoms with Crippen molar-refractivity contribution in [2.75, 3.05) is 10.6 Å². The number of hydrogen-bond acceptors (Lipinski definition) is 2. The molecule has 3 N–H and O–H groups in total. The minimum atomic E-state index is -0.658. The van der Waals surface area contributed by atoms with Crippen molar-refractivity contribution in [3.05, 3.63) is 56.8 Å². The monoisotopic (exact) mass is 362 g/mol. The van der Waals surface area contributed by atoms with Crippen LogP contribution < -0.4 is 10.6 Å². The van der Waals surface area contributed by atoms with Gasteiger partial charge in [-0.05, 0) is 30.3 Å². The maximum atomic E-state index is 13.2. The van der Waals surface area contributed by atoms with E-state index in [-0.39, 0.29) is 28.0 Å². The van der Waals surface area contributed by atoms with E-state index in [4.69, 9.17) is 34.8 Å². The van der Waals surface area contributed by atoms with Gasteiger partial charge < -0.3 is 15.7 Å². The number of aliphatic hydroxyl groups is 1. The number of aliphatic hydroxyl groups excluding tert-OH is 1. The lowest BCUT2D eigenvalue weighted by Gasteiger charge is -2.13. The van der Waals surface area contributed by atoms with E-state index in [2.05, 4.69) is 10.6 Å². The number of halogens is 4. The summed E-state index contributed by atoms with van der Waals surface area (Å²) in [5.74, 6) is -0.579. The van der Waals surface area contributed by atoms with Gasteiger partial charge in [0.1, 0.15) is 5.82 Å². The number of carbonyl (C=O) groups is 1. The highest BCUT2D eigenvalue weighted by Crippen LogP contribution is 2.29. The molecule has 116 valence electrons. The Kier molecular flexibility index (Phi) is 5.47. The van der Waals surface area contributed by atoms with Gasteiger partial charge in [-0.3, -0.25) is 0 Å². The number of rotatable bonds is 3. The van der Waals surface area contributed by atoms with E-state index in [1.165, 1.54) is 18.2 Å². The molecule has 0 spiro atoms. The summed E-state index contributed by atoms with van der Waals surface area (Å²) in [5.41, 5.74) is 0.750. The van der Waals surface area contributed by atoms with Gasteiger partial charge in [0.25, 0.3) is 0 Å². The van der Waals surface area contributed by atoms with Crippen molar-refractivity contribution in [2.45, 2.75) is 6.61 Å². The van der Waals surface area contributed by atoms with E-state index in [0.29, 0.717) is 10.6 Å². The number of anilines is 2. The Hall–Kier alpha value is -1.53. The maximum Gasteiger partial charge on any atom is 0.323 e. The summed E-state index contributed by atoms with van der Waals surface area (Å²) >= 11 is 17.5. The Morgan fingerprint density at radius 3 is 2.36 bits per heavy atom. The van der Waals surface area contributed by atoms with E-state index in [0.717, 1.165) is 12.1 Å². The number of hydrogen-bond donors (Lipinski definition) is 3. The van der Waals surface area contributed by atoms with Crippen molar-refractivity contribution >= 4 is 52.2 Å². The molecule has 0 heterocycles. The molecule has 0 unspecified atom stereocenters. The van der Waals surface area contributed by atoms with Crippen molar-refractivity contribution in [1.29, 1.82) is 0 Å². The molecular formula is C14H10Cl3FN2O2. The third-order valence-corrected chi connectivity index (χ3v) is 3.46. The van der Waals surface area contributed by atoms with Gasteiger partial charge in [-0.2, -0.15) is 0 Å². The Labute approximate surface area is 140 Å². The molecule has 2 rings (SSSR count). The molecule has 0 aliphatic carbocycles. The van der Waals surface area contributed by atoms with Crippen LogP contribution in [0.25, 0.3) is 0 Å². The van der Waals surface area contributed by atoms with Crippen molar-refractivity contribution < 1.29 is 14.3 Å². The predicted octanol–water partition coefficient (Wildman–Crippen LogP) is 4.92. The third kappa shape index (κ3) is 4.24. The molecule has 0 bridgehead atoms. The van der Waals surface area contributed by atoms with Crippen molar-refractivity contribution in [2.24, 2.45) is 0 Å². The first-order valence-electron chi connectivity index (χ1n) is 6.02. The largest absolute Gasteiger partial charge is 0.392 e. The van der Waals surface area contributed by atoms with Gasteiger partial charge in [0, 0.05) is 26.3 Å². The van der Waals surface area contributed by atoms with E-state index in [1.807, 2.05) is 0 Å². The lowest BCUT2D eigenvalue weighted by molar-refractivity contribution is 0.262. The summed E-state index contributed by atoms with van der Waals surface area (Å²) in [7, 11) is 0. The predicted molar refractivity (Wildman–Crippen MR) is 86.4 cm³/mol. The molecule has 0 aliphatic rings. The number of nitrogens with one attached hydrogen (secondary N) is 2. The molecule has 22 heavy (non-hydrogen) atoms. The average Bonchev–Trinajstić information content (AvgIpc) is 2.36. The standard InChI is InChI=1S/C14H10Cl3FN2O2/c15-7-1-9(18)5-10(2-7)19-14(22)20-13-4-8(16)3-12(17)11(13)6-21/h1-5,21H,6H2,(H2,19,20,22). The van der Waals surface area contributed by atoms with Crippen LogP contribution in [-0.2, 0) is 6.61 Å². The van der Waals surface area contributed by atoms with Gasteiger partial charge in [0.15, 0.2) is 0 Å². The highest BCUT2D eigenvalue weighted by Gasteiger charge is 2.12. The first-order valence-corrected chi connectivity index (χ1v) is 7.15. The van der Waals surface area contributed by atoms with Gasteiger partial charge in [0.05, 0.1) is 12.3 Å². The molecular weight excluding hydrogens is 354 g/mol. The van der Waals surface area contributed by atoms with E-state index >= 15 is 0 Å². The fourth-order valence-corrected chi connectivity index (χ4v) is 2.56. The summed E-state index contributed by atoms with van der Waals surface area (Å²) in [6, 6.07) is 5.85. The molecule has 2 aromatic rings. The maximum absolute atomic E-state index is 13.2. The Morgan fingerprint density at radius 1 is 1.05 bits per heavy atom. The van der Waals surface area contributed by atoms with Crippen LogP contribution in [0.3, 0.4) is 0 Å². The molecule has 0 aliphatic heterocycles. The van der Waals surface area contributed by atoms with Crippen LogP contribution >= 0.6 is 34.8 Å². The normalized spacial score (nSPS) is 10.4. The SMILES string of the molecule is O=C(Nc1cc(F)cc(Cl)c1)Nc1cc(Cl)cc(Cl)c1CO. The van der Waals surface area contributed by atoms with Crippen LogP contribution in [0.5, 0.6) is 0 Å². The van der Waals surface area contributed by atoms with Crippen molar-refractivity contribution in [3.8, 4) is 0 Å². The number of urea groups is 1. The summed E-state index contributed by atoms with van der Waals surface area (Å²) < 4.78 is 13.2. The summed E-state index contributed by atoms with van der Waals surface area (Å²) in [5, 5.41) is 14.9. The van der Waals surface area contributed by atoms with Gasteiger partial charge in [-0.25, -0.2) is 9.18 Å². The van der Waals surface area contributed by atoms with Gasteiger partial charge >= 0.3 is 6.03 Å². The zero-order chi connectivity index (χ0) is 16.3. The number of benzene rings is 2. The van der Waals surface area contributed by atoms with E-state index in [9.17, 15) is 14.3 Å². The molecule has 2 aromatic carbocycles. The summed E-state index contributed by atoms with van der Waals surface area (Å²) in [4.78, 5) is 11.9.